The minimum absolute atomic E-state index is 0.0956. The van der Waals surface area contributed by atoms with Gasteiger partial charge in [-0.3, -0.25) is 15.3 Å². The summed E-state index contributed by atoms with van der Waals surface area (Å²) >= 11 is 1.22. The van der Waals surface area contributed by atoms with Gasteiger partial charge in [-0.25, -0.2) is 13.2 Å². The lowest BCUT2D eigenvalue weighted by Gasteiger charge is -2.19. The second-order valence-corrected chi connectivity index (χ2v) is 10.4. The van der Waals surface area contributed by atoms with Crippen molar-refractivity contribution in [2.24, 2.45) is 5.84 Å². The summed E-state index contributed by atoms with van der Waals surface area (Å²) in [5.41, 5.74) is 6.51. The van der Waals surface area contributed by atoms with Crippen molar-refractivity contribution in [2.45, 2.75) is 38.5 Å². The topological polar surface area (TPSA) is 125 Å². The summed E-state index contributed by atoms with van der Waals surface area (Å²) in [6.45, 7) is 6.91. The normalized spacial score (nSPS) is 11.6. The number of hydrazine groups is 1. The monoisotopic (exact) mass is 451 g/mol. The average molecular weight is 452 g/mol. The second-order valence-electron chi connectivity index (χ2n) is 7.92. The fraction of sp³-hybridized carbons (Fsp3) is 0.350. The van der Waals surface area contributed by atoms with Gasteiger partial charge in [0.1, 0.15) is 0 Å². The van der Waals surface area contributed by atoms with Crippen LogP contribution in [0, 0.1) is 0 Å². The van der Waals surface area contributed by atoms with Gasteiger partial charge in [0.2, 0.25) is 10.0 Å². The molecule has 2 aromatic rings. The van der Waals surface area contributed by atoms with Gasteiger partial charge in [-0.2, -0.15) is 0 Å². The molecule has 10 heteroatoms. The van der Waals surface area contributed by atoms with E-state index in [0.717, 1.165) is 17.4 Å². The predicted molar refractivity (Wildman–Crippen MR) is 125 cm³/mol. The van der Waals surface area contributed by atoms with Crippen molar-refractivity contribution in [3.05, 3.63) is 59.2 Å². The summed E-state index contributed by atoms with van der Waals surface area (Å²) in [7, 11) is -3.41. The predicted octanol–water partition coefficient (Wildman–Crippen LogP) is 3.29. The van der Waals surface area contributed by atoms with E-state index in [9.17, 15) is 13.2 Å². The Bertz CT molecular complexity index is 971. The molecule has 0 spiro atoms. The third-order valence-electron chi connectivity index (χ3n) is 4.21. The number of nitrogens with two attached hydrogens (primary N) is 1. The zero-order valence-corrected chi connectivity index (χ0v) is 19.2. The largest absolute Gasteiger partial charge is 0.333 e. The number of hydrogen-bond acceptors (Lipinski definition) is 6. The molecule has 30 heavy (non-hydrogen) atoms. The van der Waals surface area contributed by atoms with Gasteiger partial charge in [0.15, 0.2) is 0 Å². The molecule has 8 nitrogen and oxygen atoms in total. The lowest BCUT2D eigenvalue weighted by molar-refractivity contribution is 0.246. The third kappa shape index (κ3) is 7.77. The Morgan fingerprint density at radius 1 is 1.03 bits per heavy atom. The van der Waals surface area contributed by atoms with E-state index in [4.69, 9.17) is 5.84 Å². The van der Waals surface area contributed by atoms with Gasteiger partial charge >= 0.3 is 6.03 Å². The van der Waals surface area contributed by atoms with Gasteiger partial charge in [-0.15, -0.1) is 0 Å². The van der Waals surface area contributed by atoms with Crippen LogP contribution in [0.1, 0.15) is 37.5 Å². The van der Waals surface area contributed by atoms with Crippen LogP contribution in [0.25, 0.3) is 0 Å². The number of carbonyl (C=O) groups excluding carboxylic acids is 1. The zero-order chi connectivity index (χ0) is 22.4. The standard InChI is InChI=1S/C20H29N5O3S2/c1-20(2,3)16-8-5-14(6-9-16)12-22-19(26)24-29-13-15-7-10-17(18(11-15)23-21)25-30(4,27)28/h5-11,23,25H,12-13,21H2,1-4H3,(H2,22,24,26). The van der Waals surface area contributed by atoms with Crippen LogP contribution in [0.15, 0.2) is 42.5 Å². The molecule has 0 fully saturated rings. The first-order valence-corrected chi connectivity index (χ1v) is 12.2. The van der Waals surface area contributed by atoms with Crippen molar-refractivity contribution in [1.29, 1.82) is 0 Å². The highest BCUT2D eigenvalue weighted by molar-refractivity contribution is 7.97. The molecule has 0 aromatic heterocycles. The second kappa shape index (κ2) is 10.1. The molecule has 0 saturated carbocycles. The van der Waals surface area contributed by atoms with Crippen LogP contribution in [0.3, 0.4) is 0 Å². The van der Waals surface area contributed by atoms with Gasteiger partial charge in [-0.1, -0.05) is 51.1 Å². The minimum atomic E-state index is -3.41. The van der Waals surface area contributed by atoms with Crippen LogP contribution in [-0.2, 0) is 27.7 Å². The van der Waals surface area contributed by atoms with Crippen molar-refractivity contribution in [2.75, 3.05) is 16.4 Å². The molecule has 0 aliphatic heterocycles. The van der Waals surface area contributed by atoms with Crippen molar-refractivity contribution in [3.63, 3.8) is 0 Å². The number of benzene rings is 2. The van der Waals surface area contributed by atoms with Gasteiger partial charge in [0.25, 0.3) is 0 Å². The Morgan fingerprint density at radius 2 is 1.67 bits per heavy atom. The van der Waals surface area contributed by atoms with Gasteiger partial charge in [0, 0.05) is 12.3 Å². The highest BCUT2D eigenvalue weighted by Gasteiger charge is 2.13. The van der Waals surface area contributed by atoms with Crippen molar-refractivity contribution >= 4 is 39.4 Å². The SMILES string of the molecule is CC(C)(C)c1ccc(CNC(=O)NSCc2ccc(NS(C)(=O)=O)c(NN)c2)cc1. The van der Waals surface area contributed by atoms with Crippen LogP contribution >= 0.6 is 11.9 Å². The summed E-state index contributed by atoms with van der Waals surface area (Å²) in [6, 6.07) is 13.0. The average Bonchev–Trinajstić information content (AvgIpc) is 2.66. The summed E-state index contributed by atoms with van der Waals surface area (Å²) in [5.74, 6) is 5.96. The minimum Gasteiger partial charge on any atom is -0.333 e. The van der Waals surface area contributed by atoms with Crippen LogP contribution in [0.5, 0.6) is 0 Å². The molecule has 2 aromatic carbocycles. The summed E-state index contributed by atoms with van der Waals surface area (Å²) in [4.78, 5) is 12.0. The molecule has 2 amide bonds. The molecule has 0 atom stereocenters. The number of sulfonamides is 1. The molecule has 0 aliphatic rings. The Labute approximate surface area is 182 Å². The third-order valence-corrected chi connectivity index (χ3v) is 5.61. The molecule has 6 N–H and O–H groups in total. The number of anilines is 2. The fourth-order valence-electron chi connectivity index (χ4n) is 2.62. The maximum absolute atomic E-state index is 12.0. The van der Waals surface area contributed by atoms with E-state index in [1.54, 1.807) is 18.2 Å². The molecule has 0 unspecified atom stereocenters. The van der Waals surface area contributed by atoms with Crippen LogP contribution in [0.2, 0.25) is 0 Å². The van der Waals surface area contributed by atoms with Gasteiger partial charge in [0.05, 0.1) is 17.6 Å². The molecule has 2 rings (SSSR count). The fourth-order valence-corrected chi connectivity index (χ4v) is 3.81. The van der Waals surface area contributed by atoms with E-state index in [1.807, 2.05) is 12.1 Å². The van der Waals surface area contributed by atoms with Gasteiger partial charge in [-0.05, 0) is 46.2 Å². The number of amides is 2. The van der Waals surface area contributed by atoms with E-state index in [2.05, 4.69) is 53.1 Å². The van der Waals surface area contributed by atoms with Gasteiger partial charge < -0.3 is 10.7 Å². The smallest absolute Gasteiger partial charge is 0.325 e. The quantitative estimate of drug-likeness (QED) is 0.238. The number of nitrogen functional groups attached to an aromatic ring is 1. The summed E-state index contributed by atoms with van der Waals surface area (Å²) in [5, 5.41) is 2.82. The number of hydrogen-bond donors (Lipinski definition) is 5. The lowest BCUT2D eigenvalue weighted by Crippen LogP contribution is -2.30. The Balaban J connectivity index is 1.81. The van der Waals surface area contributed by atoms with E-state index in [0.29, 0.717) is 23.7 Å². The highest BCUT2D eigenvalue weighted by atomic mass is 32.2. The first kappa shape index (κ1) is 23.8. The number of rotatable bonds is 8. The maximum Gasteiger partial charge on any atom is 0.325 e. The molecule has 0 heterocycles. The number of nitrogens with one attached hydrogen (secondary N) is 4. The molecule has 0 aliphatic carbocycles. The Kier molecular flexibility index (Phi) is 7.99. The molecule has 0 bridgehead atoms. The first-order valence-electron chi connectivity index (χ1n) is 9.30. The van der Waals surface area contributed by atoms with E-state index < -0.39 is 10.0 Å². The molecular formula is C20H29N5O3S2. The Hall–Kier alpha value is -2.43. The van der Waals surface area contributed by atoms with E-state index in [1.165, 1.54) is 17.5 Å². The van der Waals surface area contributed by atoms with Crippen LogP contribution < -0.4 is 26.0 Å². The number of carbonyl (C=O) groups is 1. The highest BCUT2D eigenvalue weighted by Crippen LogP contribution is 2.25. The molecular weight excluding hydrogens is 422 g/mol. The number of urea groups is 1. The van der Waals surface area contributed by atoms with E-state index in [-0.39, 0.29) is 11.4 Å². The van der Waals surface area contributed by atoms with Crippen molar-refractivity contribution < 1.29 is 13.2 Å². The van der Waals surface area contributed by atoms with E-state index >= 15 is 0 Å². The molecule has 0 saturated heterocycles. The van der Waals surface area contributed by atoms with Crippen LogP contribution in [0.4, 0.5) is 16.2 Å². The first-order chi connectivity index (χ1) is 14.0. The summed E-state index contributed by atoms with van der Waals surface area (Å²) < 4.78 is 27.9. The molecule has 164 valence electrons. The van der Waals surface area contributed by atoms with Crippen LogP contribution in [-0.4, -0.2) is 20.7 Å². The lowest BCUT2D eigenvalue weighted by atomic mass is 9.87. The van der Waals surface area contributed by atoms with Crippen molar-refractivity contribution in [1.82, 2.24) is 10.0 Å². The molecule has 0 radical (unpaired) electrons. The maximum atomic E-state index is 12.0. The summed E-state index contributed by atoms with van der Waals surface area (Å²) in [6.07, 6.45) is 1.07. The van der Waals surface area contributed by atoms with Crippen molar-refractivity contribution in [3.8, 4) is 0 Å². The zero-order valence-electron chi connectivity index (χ0n) is 17.6. The Morgan fingerprint density at radius 3 is 2.23 bits per heavy atom.